The minimum Gasteiger partial charge on any atom is -0.468 e. The topological polar surface area (TPSA) is 46.5 Å². The second kappa shape index (κ2) is 5.86. The molecule has 1 rings (SSSR count). The Labute approximate surface area is 97.6 Å². The first-order chi connectivity index (χ1) is 7.54. The van der Waals surface area contributed by atoms with Gasteiger partial charge in [-0.25, -0.2) is 4.39 Å². The van der Waals surface area contributed by atoms with Crippen molar-refractivity contribution in [1.82, 2.24) is 0 Å². The molecule has 0 heterocycles. The number of ether oxygens (including phenoxy) is 1. The Morgan fingerprint density at radius 3 is 2.81 bits per heavy atom. The van der Waals surface area contributed by atoms with Crippen molar-refractivity contribution < 1.29 is 19.0 Å². The summed E-state index contributed by atoms with van der Waals surface area (Å²) in [7, 11) is 1.29. The number of thioether (sulfide) groups is 1. The number of halogens is 1. The average Bonchev–Trinajstić information content (AvgIpc) is 2.26. The van der Waals surface area contributed by atoms with Crippen LogP contribution in [0.3, 0.4) is 0 Å². The van der Waals surface area contributed by atoms with Crippen molar-refractivity contribution in [1.29, 1.82) is 0 Å². The summed E-state index contributed by atoms with van der Waals surface area (Å²) in [5.41, 5.74) is 0.514. The van der Waals surface area contributed by atoms with Gasteiger partial charge in [-0.3, -0.25) is 4.79 Å². The molecule has 0 saturated carbocycles. The first kappa shape index (κ1) is 13.0. The average molecular weight is 244 g/mol. The number of rotatable bonds is 4. The van der Waals surface area contributed by atoms with Crippen LogP contribution in [0.25, 0.3) is 0 Å². The summed E-state index contributed by atoms with van der Waals surface area (Å²) in [6.07, 6.45) is -0.700. The van der Waals surface area contributed by atoms with Crippen LogP contribution in [0.4, 0.5) is 4.39 Å². The molecule has 5 heteroatoms. The lowest BCUT2D eigenvalue weighted by atomic mass is 10.1. The predicted molar refractivity (Wildman–Crippen MR) is 59.8 cm³/mol. The molecule has 16 heavy (non-hydrogen) atoms. The molecule has 0 saturated heterocycles. The van der Waals surface area contributed by atoms with Crippen molar-refractivity contribution >= 4 is 17.7 Å². The van der Waals surface area contributed by atoms with E-state index < -0.39 is 17.9 Å². The number of benzene rings is 1. The second-order valence-electron chi connectivity index (χ2n) is 3.23. The molecular weight excluding hydrogens is 231 g/mol. The molecule has 0 amide bonds. The summed E-state index contributed by atoms with van der Waals surface area (Å²) in [6, 6.07) is 4.45. The Morgan fingerprint density at radius 1 is 1.62 bits per heavy atom. The van der Waals surface area contributed by atoms with Gasteiger partial charge in [0, 0.05) is 4.90 Å². The number of hydrogen-bond acceptors (Lipinski definition) is 4. The van der Waals surface area contributed by atoms with Gasteiger partial charge in [0.25, 0.3) is 0 Å². The monoisotopic (exact) mass is 244 g/mol. The van der Waals surface area contributed by atoms with E-state index in [4.69, 9.17) is 0 Å². The highest BCUT2D eigenvalue weighted by Crippen LogP contribution is 2.24. The molecule has 3 nitrogen and oxygen atoms in total. The zero-order valence-electron chi connectivity index (χ0n) is 9.07. The summed E-state index contributed by atoms with van der Waals surface area (Å²) in [6.45, 7) is 1.57. The van der Waals surface area contributed by atoms with Gasteiger partial charge in [0.2, 0.25) is 0 Å². The lowest BCUT2D eigenvalue weighted by Gasteiger charge is -2.07. The molecule has 0 aliphatic rings. The Balaban J connectivity index is 2.72. The van der Waals surface area contributed by atoms with Crippen LogP contribution in [0.5, 0.6) is 0 Å². The minimum atomic E-state index is -0.700. The van der Waals surface area contributed by atoms with E-state index in [1.54, 1.807) is 19.1 Å². The zero-order valence-corrected chi connectivity index (χ0v) is 9.88. The molecule has 0 aliphatic heterocycles. The number of methoxy groups -OCH3 is 1. The number of carbonyl (C=O) groups excluding carboxylic acids is 1. The van der Waals surface area contributed by atoms with E-state index in [0.717, 1.165) is 11.8 Å². The highest BCUT2D eigenvalue weighted by molar-refractivity contribution is 8.00. The molecule has 88 valence electrons. The SMILES string of the molecule is COC(=O)CSc1ccc([C@@H](C)O)cc1F. The van der Waals surface area contributed by atoms with E-state index in [2.05, 4.69) is 4.74 Å². The molecule has 0 bridgehead atoms. The van der Waals surface area contributed by atoms with Gasteiger partial charge >= 0.3 is 5.97 Å². The first-order valence-corrected chi connectivity index (χ1v) is 5.70. The van der Waals surface area contributed by atoms with E-state index in [-0.39, 0.29) is 5.75 Å². The highest BCUT2D eigenvalue weighted by atomic mass is 32.2. The van der Waals surface area contributed by atoms with Crippen LogP contribution in [0, 0.1) is 5.82 Å². The van der Waals surface area contributed by atoms with E-state index in [0.29, 0.717) is 10.5 Å². The maximum Gasteiger partial charge on any atom is 0.315 e. The molecule has 1 atom stereocenters. The minimum absolute atomic E-state index is 0.0709. The highest BCUT2D eigenvalue weighted by Gasteiger charge is 2.09. The zero-order chi connectivity index (χ0) is 12.1. The van der Waals surface area contributed by atoms with Gasteiger partial charge in [-0.05, 0) is 24.6 Å². The normalized spacial score (nSPS) is 12.2. The van der Waals surface area contributed by atoms with Crippen LogP contribution >= 0.6 is 11.8 Å². The standard InChI is InChI=1S/C11H13FO3S/c1-7(13)8-3-4-10(9(12)5-8)16-6-11(14)15-2/h3-5,7,13H,6H2,1-2H3/t7-/m1/s1. The van der Waals surface area contributed by atoms with Gasteiger partial charge in [0.1, 0.15) is 5.82 Å². The number of aliphatic hydroxyl groups is 1. The third-order valence-corrected chi connectivity index (χ3v) is 3.03. The van der Waals surface area contributed by atoms with Gasteiger partial charge in [-0.2, -0.15) is 0 Å². The summed E-state index contributed by atoms with van der Waals surface area (Å²) in [5, 5.41) is 9.25. The van der Waals surface area contributed by atoms with Crippen molar-refractivity contribution in [3.63, 3.8) is 0 Å². The van der Waals surface area contributed by atoms with E-state index in [1.165, 1.54) is 13.2 Å². The molecule has 1 aromatic rings. The van der Waals surface area contributed by atoms with Crippen LogP contribution in [-0.4, -0.2) is 23.9 Å². The third kappa shape index (κ3) is 3.50. The van der Waals surface area contributed by atoms with Crippen molar-refractivity contribution in [3.8, 4) is 0 Å². The van der Waals surface area contributed by atoms with Gasteiger partial charge in [-0.1, -0.05) is 6.07 Å². The first-order valence-electron chi connectivity index (χ1n) is 4.71. The van der Waals surface area contributed by atoms with Crippen LogP contribution in [-0.2, 0) is 9.53 Å². The summed E-state index contributed by atoms with van der Waals surface area (Å²) >= 11 is 1.07. The third-order valence-electron chi connectivity index (χ3n) is 2.01. The molecule has 0 radical (unpaired) electrons. The smallest absolute Gasteiger partial charge is 0.315 e. The van der Waals surface area contributed by atoms with E-state index >= 15 is 0 Å². The summed E-state index contributed by atoms with van der Waals surface area (Å²) in [4.78, 5) is 11.2. The lowest BCUT2D eigenvalue weighted by Crippen LogP contribution is -2.03. The Hall–Kier alpha value is -1.07. The summed E-state index contributed by atoms with van der Waals surface area (Å²) < 4.78 is 17.9. The van der Waals surface area contributed by atoms with Crippen LogP contribution < -0.4 is 0 Å². The van der Waals surface area contributed by atoms with Crippen LogP contribution in [0.2, 0.25) is 0 Å². The van der Waals surface area contributed by atoms with Crippen molar-refractivity contribution in [3.05, 3.63) is 29.6 Å². The van der Waals surface area contributed by atoms with E-state index in [1.807, 2.05) is 0 Å². The van der Waals surface area contributed by atoms with E-state index in [9.17, 15) is 14.3 Å². The Bertz CT molecular complexity index is 379. The molecular formula is C11H13FO3S. The number of carbonyl (C=O) groups is 1. The number of hydrogen-bond donors (Lipinski definition) is 1. The lowest BCUT2D eigenvalue weighted by molar-refractivity contribution is -0.137. The molecule has 1 N–H and O–H groups in total. The van der Waals surface area contributed by atoms with Crippen molar-refractivity contribution in [2.24, 2.45) is 0 Å². The molecule has 1 aromatic carbocycles. The van der Waals surface area contributed by atoms with Gasteiger partial charge < -0.3 is 9.84 Å². The van der Waals surface area contributed by atoms with Gasteiger partial charge in [0.15, 0.2) is 0 Å². The second-order valence-corrected chi connectivity index (χ2v) is 4.25. The largest absolute Gasteiger partial charge is 0.468 e. The summed E-state index contributed by atoms with van der Waals surface area (Å²) in [5.74, 6) is -0.766. The fraction of sp³-hybridized carbons (Fsp3) is 0.364. The fourth-order valence-corrected chi connectivity index (χ4v) is 1.84. The van der Waals surface area contributed by atoms with Crippen LogP contribution in [0.15, 0.2) is 23.1 Å². The Morgan fingerprint density at radius 2 is 2.31 bits per heavy atom. The molecule has 0 spiro atoms. The number of aliphatic hydroxyl groups excluding tert-OH is 1. The van der Waals surface area contributed by atoms with Gasteiger partial charge in [-0.15, -0.1) is 11.8 Å². The number of esters is 1. The Kier molecular flexibility index (Phi) is 4.76. The van der Waals surface area contributed by atoms with Crippen molar-refractivity contribution in [2.45, 2.75) is 17.9 Å². The molecule has 0 aliphatic carbocycles. The molecule has 0 unspecified atom stereocenters. The predicted octanol–water partition coefficient (Wildman–Crippen LogP) is 2.14. The molecule has 0 aromatic heterocycles. The quantitative estimate of drug-likeness (QED) is 0.651. The molecule has 0 fully saturated rings. The maximum atomic E-state index is 13.5. The fourth-order valence-electron chi connectivity index (χ4n) is 1.09. The van der Waals surface area contributed by atoms with Crippen LogP contribution in [0.1, 0.15) is 18.6 Å². The van der Waals surface area contributed by atoms with Gasteiger partial charge in [0.05, 0.1) is 19.0 Å². The van der Waals surface area contributed by atoms with Crippen molar-refractivity contribution in [2.75, 3.05) is 12.9 Å². The maximum absolute atomic E-state index is 13.5.